The van der Waals surface area contributed by atoms with E-state index < -0.39 is 40.3 Å². The third-order valence-electron chi connectivity index (χ3n) is 5.86. The van der Waals surface area contributed by atoms with Gasteiger partial charge in [-0.2, -0.15) is 0 Å². The van der Waals surface area contributed by atoms with Gasteiger partial charge in [0, 0.05) is 43.0 Å². The number of nitrogens with zero attached hydrogens (tertiary/aromatic N) is 3. The minimum absolute atomic E-state index is 0.171. The van der Waals surface area contributed by atoms with E-state index in [0.717, 1.165) is 9.80 Å². The molecule has 32 heavy (non-hydrogen) atoms. The molecular weight excluding hydrogens is 414 g/mol. The van der Waals surface area contributed by atoms with E-state index in [-0.39, 0.29) is 11.3 Å². The van der Waals surface area contributed by atoms with Crippen LogP contribution in [0.2, 0.25) is 0 Å². The highest BCUT2D eigenvalue weighted by Crippen LogP contribution is 2.47. The van der Waals surface area contributed by atoms with E-state index in [1.165, 1.54) is 32.3 Å². The zero-order chi connectivity index (χ0) is 23.2. The van der Waals surface area contributed by atoms with E-state index in [1.807, 2.05) is 0 Å². The van der Waals surface area contributed by atoms with Crippen molar-refractivity contribution in [2.24, 2.45) is 11.7 Å². The fourth-order valence-electron chi connectivity index (χ4n) is 4.11. The van der Waals surface area contributed by atoms with Crippen LogP contribution in [0.15, 0.2) is 48.5 Å². The standard InChI is InChI=1S/C22H19N5O5/c1-25-18(23)17(19(28)26(2)21(25)30)22(11-10-13-6-4-3-5-7-13)15-12-14(27(31)32)8-9-16(15)24-20(22)29/h3-9,12,17-18H,23H2,1-2H3,(H,24,29). The Morgan fingerprint density at radius 3 is 2.47 bits per heavy atom. The van der Waals surface area contributed by atoms with Gasteiger partial charge in [-0.25, -0.2) is 4.79 Å². The van der Waals surface area contributed by atoms with E-state index in [4.69, 9.17) is 5.73 Å². The number of rotatable bonds is 2. The molecule has 0 spiro atoms. The maximum Gasteiger partial charge on any atom is 0.327 e. The van der Waals surface area contributed by atoms with Crippen molar-refractivity contribution in [3.63, 3.8) is 0 Å². The van der Waals surface area contributed by atoms with Gasteiger partial charge < -0.3 is 16.0 Å². The second kappa shape index (κ2) is 7.47. The fraction of sp³-hybridized carbons (Fsp3) is 0.227. The van der Waals surface area contributed by atoms with Gasteiger partial charge in [0.05, 0.1) is 11.1 Å². The molecule has 0 bridgehead atoms. The van der Waals surface area contributed by atoms with Gasteiger partial charge in [-0.1, -0.05) is 30.0 Å². The summed E-state index contributed by atoms with van der Waals surface area (Å²) in [5.41, 5.74) is 5.22. The molecule has 1 fully saturated rings. The second-order valence-electron chi connectivity index (χ2n) is 7.62. The second-order valence-corrected chi connectivity index (χ2v) is 7.62. The Bertz CT molecular complexity index is 1220. The first-order valence-electron chi connectivity index (χ1n) is 9.67. The molecule has 0 saturated carbocycles. The maximum atomic E-state index is 13.4. The number of urea groups is 1. The van der Waals surface area contributed by atoms with Crippen molar-refractivity contribution in [3.05, 3.63) is 69.8 Å². The van der Waals surface area contributed by atoms with Gasteiger partial charge in [0.25, 0.3) is 5.69 Å². The van der Waals surface area contributed by atoms with Crippen LogP contribution in [-0.4, -0.2) is 52.8 Å². The summed E-state index contributed by atoms with van der Waals surface area (Å²) in [6, 6.07) is 12.0. The smallest absolute Gasteiger partial charge is 0.324 e. The first-order chi connectivity index (χ1) is 15.2. The normalized spacial score (nSPS) is 24.5. The van der Waals surface area contributed by atoms with Crippen LogP contribution in [0.3, 0.4) is 0 Å². The molecule has 2 aliphatic heterocycles. The van der Waals surface area contributed by atoms with Crippen molar-refractivity contribution < 1.29 is 19.3 Å². The van der Waals surface area contributed by atoms with E-state index in [1.54, 1.807) is 30.3 Å². The highest BCUT2D eigenvalue weighted by molar-refractivity contribution is 6.13. The number of hydrogen-bond acceptors (Lipinski definition) is 6. The summed E-state index contributed by atoms with van der Waals surface area (Å²) < 4.78 is 0. The molecule has 162 valence electrons. The van der Waals surface area contributed by atoms with Crippen molar-refractivity contribution >= 4 is 29.2 Å². The molecule has 2 heterocycles. The number of carbonyl (C=O) groups is 3. The van der Waals surface area contributed by atoms with Gasteiger partial charge in [0.1, 0.15) is 5.92 Å². The number of imide groups is 1. The number of anilines is 1. The molecule has 10 heteroatoms. The molecule has 4 amide bonds. The van der Waals surface area contributed by atoms with E-state index in [2.05, 4.69) is 17.2 Å². The topological polar surface area (TPSA) is 139 Å². The molecular formula is C22H19N5O5. The van der Waals surface area contributed by atoms with Crippen LogP contribution in [0, 0.1) is 27.9 Å². The molecule has 0 aromatic heterocycles. The van der Waals surface area contributed by atoms with Crippen LogP contribution in [0.25, 0.3) is 0 Å². The average molecular weight is 433 g/mol. The number of nitrogens with one attached hydrogen (secondary N) is 1. The van der Waals surface area contributed by atoms with Crippen molar-refractivity contribution in [2.45, 2.75) is 11.6 Å². The van der Waals surface area contributed by atoms with E-state index in [9.17, 15) is 24.5 Å². The lowest BCUT2D eigenvalue weighted by Crippen LogP contribution is -2.68. The van der Waals surface area contributed by atoms with E-state index in [0.29, 0.717) is 11.3 Å². The number of nitro benzene ring substituents is 1. The summed E-state index contributed by atoms with van der Waals surface area (Å²) in [7, 11) is 2.71. The van der Waals surface area contributed by atoms with Crippen LogP contribution in [0.5, 0.6) is 0 Å². The molecule has 10 nitrogen and oxygen atoms in total. The Morgan fingerprint density at radius 2 is 1.81 bits per heavy atom. The molecule has 0 radical (unpaired) electrons. The molecule has 3 N–H and O–H groups in total. The zero-order valence-corrected chi connectivity index (χ0v) is 17.2. The predicted octanol–water partition coefficient (Wildman–Crippen LogP) is 1.26. The van der Waals surface area contributed by atoms with Crippen LogP contribution in [0.1, 0.15) is 11.1 Å². The Morgan fingerprint density at radius 1 is 1.12 bits per heavy atom. The summed E-state index contributed by atoms with van der Waals surface area (Å²) in [6.45, 7) is 0. The Balaban J connectivity index is 2.00. The Hall–Kier alpha value is -4.23. The fourth-order valence-corrected chi connectivity index (χ4v) is 4.11. The molecule has 2 aromatic carbocycles. The van der Waals surface area contributed by atoms with Crippen molar-refractivity contribution in [1.29, 1.82) is 0 Å². The van der Waals surface area contributed by atoms with Gasteiger partial charge in [-0.3, -0.25) is 24.6 Å². The van der Waals surface area contributed by atoms with Crippen LogP contribution in [-0.2, 0) is 15.0 Å². The minimum Gasteiger partial charge on any atom is -0.324 e. The number of non-ortho nitro benzene ring substituents is 1. The van der Waals surface area contributed by atoms with Gasteiger partial charge in [-0.15, -0.1) is 0 Å². The molecule has 0 aliphatic carbocycles. The number of fused-ring (bicyclic) bond motifs is 1. The van der Waals surface area contributed by atoms with Crippen LogP contribution in [0.4, 0.5) is 16.2 Å². The molecule has 4 rings (SSSR count). The average Bonchev–Trinajstić information content (AvgIpc) is 3.07. The lowest BCUT2D eigenvalue weighted by molar-refractivity contribution is -0.384. The first kappa shape index (κ1) is 21.0. The maximum absolute atomic E-state index is 13.4. The monoisotopic (exact) mass is 433 g/mol. The summed E-state index contributed by atoms with van der Waals surface area (Å²) in [6.07, 6.45) is -1.19. The van der Waals surface area contributed by atoms with E-state index >= 15 is 0 Å². The zero-order valence-electron chi connectivity index (χ0n) is 17.2. The number of nitro groups is 1. The lowest BCUT2D eigenvalue weighted by atomic mass is 9.68. The molecule has 3 atom stereocenters. The summed E-state index contributed by atoms with van der Waals surface area (Å²) in [5, 5.41) is 14.1. The van der Waals surface area contributed by atoms with Crippen molar-refractivity contribution in [1.82, 2.24) is 9.80 Å². The van der Waals surface area contributed by atoms with Crippen LogP contribution >= 0.6 is 0 Å². The van der Waals surface area contributed by atoms with Gasteiger partial charge in [0.15, 0.2) is 5.41 Å². The molecule has 2 aromatic rings. The van der Waals surface area contributed by atoms with Crippen molar-refractivity contribution in [3.8, 4) is 11.8 Å². The molecule has 2 aliphatic rings. The SMILES string of the molecule is CN1C(=O)C(C2(C#Cc3ccccc3)C(=O)Nc3ccc([N+](=O)[O-])cc32)C(N)N(C)C1=O. The van der Waals surface area contributed by atoms with Gasteiger partial charge in [-0.05, 0) is 18.2 Å². The molecule has 1 saturated heterocycles. The minimum atomic E-state index is -1.85. The molecule has 3 unspecified atom stereocenters. The third kappa shape index (κ3) is 2.99. The Labute approximate surface area is 183 Å². The number of hydrogen-bond donors (Lipinski definition) is 2. The summed E-state index contributed by atoms with van der Waals surface area (Å²) >= 11 is 0. The lowest BCUT2D eigenvalue weighted by Gasteiger charge is -2.44. The highest BCUT2D eigenvalue weighted by Gasteiger charge is 2.61. The summed E-state index contributed by atoms with van der Waals surface area (Å²) in [5.74, 6) is 3.21. The first-order valence-corrected chi connectivity index (χ1v) is 9.67. The largest absolute Gasteiger partial charge is 0.327 e. The number of amides is 4. The quantitative estimate of drug-likeness (QED) is 0.415. The van der Waals surface area contributed by atoms with Crippen LogP contribution < -0.4 is 11.1 Å². The van der Waals surface area contributed by atoms with Gasteiger partial charge >= 0.3 is 6.03 Å². The Kier molecular flexibility index (Phi) is 4.91. The van der Waals surface area contributed by atoms with Crippen molar-refractivity contribution in [2.75, 3.05) is 19.4 Å². The van der Waals surface area contributed by atoms with Gasteiger partial charge in [0.2, 0.25) is 11.8 Å². The number of carbonyl (C=O) groups excluding carboxylic acids is 3. The summed E-state index contributed by atoms with van der Waals surface area (Å²) in [4.78, 5) is 52.0. The number of nitrogens with two attached hydrogens (primary N) is 1. The predicted molar refractivity (Wildman–Crippen MR) is 114 cm³/mol. The third-order valence-corrected chi connectivity index (χ3v) is 5.86. The number of benzene rings is 2. The highest BCUT2D eigenvalue weighted by atomic mass is 16.6.